The fraction of sp³-hybridized carbons (Fsp3) is 0.444. The Hall–Kier alpha value is -2.14. The third-order valence-corrected chi connectivity index (χ3v) is 4.40. The number of amides is 1. The van der Waals surface area contributed by atoms with Crippen LogP contribution in [0.5, 0.6) is 0 Å². The number of carbonyl (C=O) groups excluding carboxylic acids is 1. The van der Waals surface area contributed by atoms with E-state index in [-0.39, 0.29) is 11.9 Å². The molecular weight excluding hydrogens is 288 g/mol. The first-order valence-electron chi connectivity index (χ1n) is 8.22. The summed E-state index contributed by atoms with van der Waals surface area (Å²) in [6.07, 6.45) is 3.13. The van der Waals surface area contributed by atoms with Gasteiger partial charge in [0.15, 0.2) is 5.82 Å². The van der Waals surface area contributed by atoms with Gasteiger partial charge in [-0.2, -0.15) is 5.10 Å². The van der Waals surface area contributed by atoms with Crippen molar-refractivity contribution in [2.75, 3.05) is 19.4 Å². The van der Waals surface area contributed by atoms with Crippen LogP contribution in [0.15, 0.2) is 30.3 Å². The van der Waals surface area contributed by atoms with Gasteiger partial charge >= 0.3 is 0 Å². The molecule has 0 spiro atoms. The van der Waals surface area contributed by atoms with Gasteiger partial charge in [0, 0.05) is 17.2 Å². The molecule has 2 aromatic rings. The zero-order valence-electron chi connectivity index (χ0n) is 14.0. The molecular formula is C18H24N4O. The molecule has 1 aliphatic rings. The van der Waals surface area contributed by atoms with E-state index in [4.69, 9.17) is 0 Å². The molecule has 3 rings (SSSR count). The van der Waals surface area contributed by atoms with Crippen LogP contribution in [-0.2, 0) is 4.79 Å². The van der Waals surface area contributed by atoms with Gasteiger partial charge in [-0.25, -0.2) is 0 Å². The van der Waals surface area contributed by atoms with Gasteiger partial charge in [0.1, 0.15) is 0 Å². The number of nitrogens with zero attached hydrogens (tertiary/aromatic N) is 2. The summed E-state index contributed by atoms with van der Waals surface area (Å²) >= 11 is 0. The van der Waals surface area contributed by atoms with E-state index in [9.17, 15) is 4.79 Å². The summed E-state index contributed by atoms with van der Waals surface area (Å²) in [5, 5.41) is 10.6. The van der Waals surface area contributed by atoms with E-state index >= 15 is 0 Å². The highest BCUT2D eigenvalue weighted by molar-refractivity contribution is 5.97. The molecule has 1 saturated carbocycles. The number of aromatic amines is 1. The van der Waals surface area contributed by atoms with Crippen molar-refractivity contribution in [1.82, 2.24) is 15.1 Å². The molecule has 2 N–H and O–H groups in total. The summed E-state index contributed by atoms with van der Waals surface area (Å²) in [6, 6.07) is 10.0. The molecule has 5 heteroatoms. The van der Waals surface area contributed by atoms with Crippen LogP contribution in [0.1, 0.15) is 37.8 Å². The SMILES string of the molecule is CCC(C(=O)Nc1n[nH]c(C2CC2)c1-c1ccccc1)N(C)C. The smallest absolute Gasteiger partial charge is 0.242 e. The quantitative estimate of drug-likeness (QED) is 0.861. The highest BCUT2D eigenvalue weighted by Gasteiger charge is 2.31. The minimum absolute atomic E-state index is 0.0106. The highest BCUT2D eigenvalue weighted by atomic mass is 16.2. The zero-order valence-corrected chi connectivity index (χ0v) is 14.0. The highest BCUT2D eigenvalue weighted by Crippen LogP contribution is 2.45. The van der Waals surface area contributed by atoms with E-state index in [2.05, 4.69) is 27.6 Å². The van der Waals surface area contributed by atoms with Crippen molar-refractivity contribution in [1.29, 1.82) is 0 Å². The molecule has 122 valence electrons. The molecule has 23 heavy (non-hydrogen) atoms. The average Bonchev–Trinajstić information content (AvgIpc) is 3.30. The van der Waals surface area contributed by atoms with Crippen molar-refractivity contribution in [2.24, 2.45) is 0 Å². The molecule has 0 aliphatic heterocycles. The predicted molar refractivity (Wildman–Crippen MR) is 92.4 cm³/mol. The second kappa shape index (κ2) is 6.54. The fourth-order valence-electron chi connectivity index (χ4n) is 3.00. The van der Waals surface area contributed by atoms with Gasteiger partial charge in [-0.3, -0.25) is 14.8 Å². The van der Waals surface area contributed by atoms with Gasteiger partial charge in [-0.1, -0.05) is 37.3 Å². The number of hydrogen-bond acceptors (Lipinski definition) is 3. The van der Waals surface area contributed by atoms with Crippen LogP contribution in [0, 0.1) is 0 Å². The Morgan fingerprint density at radius 1 is 1.35 bits per heavy atom. The van der Waals surface area contributed by atoms with Gasteiger partial charge in [0.25, 0.3) is 0 Å². The number of H-pyrrole nitrogens is 1. The second-order valence-electron chi connectivity index (χ2n) is 6.38. The molecule has 0 bridgehead atoms. The standard InChI is InChI=1S/C18H24N4O/c1-4-14(22(2)3)18(23)19-17-15(12-8-6-5-7-9-12)16(20-21-17)13-10-11-13/h5-9,13-14H,4,10-11H2,1-3H3,(H2,19,20,21,23). The summed E-state index contributed by atoms with van der Waals surface area (Å²) in [4.78, 5) is 14.5. The second-order valence-corrected chi connectivity index (χ2v) is 6.38. The summed E-state index contributed by atoms with van der Waals surface area (Å²) < 4.78 is 0. The van der Waals surface area contributed by atoms with Crippen molar-refractivity contribution in [3.63, 3.8) is 0 Å². The first-order chi connectivity index (χ1) is 11.1. The monoisotopic (exact) mass is 312 g/mol. The van der Waals surface area contributed by atoms with Crippen molar-refractivity contribution < 1.29 is 4.79 Å². The number of benzene rings is 1. The fourth-order valence-corrected chi connectivity index (χ4v) is 3.00. The maximum Gasteiger partial charge on any atom is 0.242 e. The van der Waals surface area contributed by atoms with Gasteiger partial charge in [-0.15, -0.1) is 0 Å². The Balaban J connectivity index is 1.92. The largest absolute Gasteiger partial charge is 0.307 e. The molecule has 1 heterocycles. The van der Waals surface area contributed by atoms with E-state index in [1.807, 2.05) is 44.1 Å². The molecule has 1 aromatic carbocycles. The minimum Gasteiger partial charge on any atom is -0.307 e. The number of aromatic nitrogens is 2. The van der Waals surface area contributed by atoms with Crippen molar-refractivity contribution >= 4 is 11.7 Å². The van der Waals surface area contributed by atoms with Crippen LogP contribution in [0.25, 0.3) is 11.1 Å². The van der Waals surface area contributed by atoms with E-state index in [1.54, 1.807) is 0 Å². The number of carbonyl (C=O) groups is 1. The topological polar surface area (TPSA) is 61.0 Å². The van der Waals surface area contributed by atoms with Crippen molar-refractivity contribution in [2.45, 2.75) is 38.1 Å². The van der Waals surface area contributed by atoms with Crippen LogP contribution in [-0.4, -0.2) is 41.1 Å². The number of likely N-dealkylation sites (N-methyl/N-ethyl adjacent to an activating group) is 1. The average molecular weight is 312 g/mol. The van der Waals surface area contributed by atoms with Crippen molar-refractivity contribution in [3.8, 4) is 11.1 Å². The van der Waals surface area contributed by atoms with Gasteiger partial charge in [0.2, 0.25) is 5.91 Å². The molecule has 1 atom stereocenters. The molecule has 0 radical (unpaired) electrons. The normalized spacial score (nSPS) is 15.7. The lowest BCUT2D eigenvalue weighted by Gasteiger charge is -2.21. The molecule has 1 aromatic heterocycles. The predicted octanol–water partition coefficient (Wildman–Crippen LogP) is 3.23. The summed E-state index contributed by atoms with van der Waals surface area (Å²) in [5.74, 6) is 1.17. The first kappa shape index (κ1) is 15.7. The van der Waals surface area contributed by atoms with Crippen molar-refractivity contribution in [3.05, 3.63) is 36.0 Å². The number of rotatable bonds is 6. The van der Waals surface area contributed by atoms with Crippen LogP contribution in [0.4, 0.5) is 5.82 Å². The van der Waals surface area contributed by atoms with Gasteiger partial charge in [-0.05, 0) is 38.9 Å². The Labute approximate surface area is 137 Å². The molecule has 0 saturated heterocycles. The van der Waals surface area contributed by atoms with Crippen LogP contribution >= 0.6 is 0 Å². The summed E-state index contributed by atoms with van der Waals surface area (Å²) in [6.45, 7) is 2.02. The lowest BCUT2D eigenvalue weighted by atomic mass is 10.0. The maximum atomic E-state index is 12.6. The molecule has 1 unspecified atom stereocenters. The first-order valence-corrected chi connectivity index (χ1v) is 8.22. The Morgan fingerprint density at radius 2 is 2.04 bits per heavy atom. The molecule has 1 aliphatic carbocycles. The Kier molecular flexibility index (Phi) is 4.48. The maximum absolute atomic E-state index is 12.6. The number of anilines is 1. The molecule has 1 fully saturated rings. The van der Waals surface area contributed by atoms with Crippen LogP contribution < -0.4 is 5.32 Å². The molecule has 1 amide bonds. The summed E-state index contributed by atoms with van der Waals surface area (Å²) in [7, 11) is 3.85. The summed E-state index contributed by atoms with van der Waals surface area (Å²) in [5.41, 5.74) is 3.27. The number of hydrogen-bond donors (Lipinski definition) is 2. The Morgan fingerprint density at radius 3 is 2.61 bits per heavy atom. The van der Waals surface area contributed by atoms with E-state index in [1.165, 1.54) is 12.8 Å². The van der Waals surface area contributed by atoms with E-state index in [0.717, 1.165) is 23.2 Å². The third kappa shape index (κ3) is 3.29. The van der Waals surface area contributed by atoms with Crippen LogP contribution in [0.2, 0.25) is 0 Å². The van der Waals surface area contributed by atoms with Gasteiger partial charge < -0.3 is 5.32 Å². The lowest BCUT2D eigenvalue weighted by molar-refractivity contribution is -0.120. The lowest BCUT2D eigenvalue weighted by Crippen LogP contribution is -2.39. The Bertz CT molecular complexity index is 674. The molecule has 5 nitrogen and oxygen atoms in total. The van der Waals surface area contributed by atoms with Gasteiger partial charge in [0.05, 0.1) is 6.04 Å². The number of nitrogens with one attached hydrogen (secondary N) is 2. The minimum atomic E-state index is -0.153. The van der Waals surface area contributed by atoms with Crippen LogP contribution in [0.3, 0.4) is 0 Å². The zero-order chi connectivity index (χ0) is 16.4. The van der Waals surface area contributed by atoms with E-state index < -0.39 is 0 Å². The van der Waals surface area contributed by atoms with E-state index in [0.29, 0.717) is 11.7 Å². The third-order valence-electron chi connectivity index (χ3n) is 4.40.